The Morgan fingerprint density at radius 1 is 1.27 bits per heavy atom. The number of aliphatic carboxylic acids is 1. The zero-order chi connectivity index (χ0) is 19.1. The summed E-state index contributed by atoms with van der Waals surface area (Å²) >= 11 is 0. The molecule has 6 nitrogen and oxygen atoms in total. The SMILES string of the molecule is Cc1ccnc(-c2ccc(CC(N)C(=O)O)n3ccnc23)c1C(F)(F)F. The largest absolute Gasteiger partial charge is 0.480 e. The van der Waals surface area contributed by atoms with Gasteiger partial charge in [-0.1, -0.05) is 0 Å². The van der Waals surface area contributed by atoms with Crippen LogP contribution in [0.2, 0.25) is 0 Å². The van der Waals surface area contributed by atoms with Gasteiger partial charge in [0.15, 0.2) is 0 Å². The molecule has 3 aromatic heterocycles. The van der Waals surface area contributed by atoms with Crippen LogP contribution in [0.4, 0.5) is 13.2 Å². The van der Waals surface area contributed by atoms with Crippen LogP contribution in [0.25, 0.3) is 16.9 Å². The van der Waals surface area contributed by atoms with Gasteiger partial charge in [-0.25, -0.2) is 4.98 Å². The molecule has 3 heterocycles. The van der Waals surface area contributed by atoms with Crippen LogP contribution in [0.5, 0.6) is 0 Å². The van der Waals surface area contributed by atoms with E-state index < -0.39 is 23.8 Å². The van der Waals surface area contributed by atoms with Crippen LogP contribution in [0.3, 0.4) is 0 Å². The highest BCUT2D eigenvalue weighted by atomic mass is 19.4. The second-order valence-electron chi connectivity index (χ2n) is 5.86. The van der Waals surface area contributed by atoms with Gasteiger partial charge in [-0.15, -0.1) is 0 Å². The van der Waals surface area contributed by atoms with E-state index in [9.17, 15) is 18.0 Å². The number of carboxylic acids is 1. The Balaban J connectivity index is 2.19. The van der Waals surface area contributed by atoms with E-state index in [-0.39, 0.29) is 28.9 Å². The molecular formula is C17H15F3N4O2. The molecule has 0 spiro atoms. The van der Waals surface area contributed by atoms with Crippen LogP contribution in [-0.2, 0) is 17.4 Å². The van der Waals surface area contributed by atoms with Crippen molar-refractivity contribution in [2.24, 2.45) is 5.73 Å². The van der Waals surface area contributed by atoms with E-state index in [0.29, 0.717) is 5.69 Å². The summed E-state index contributed by atoms with van der Waals surface area (Å²) in [7, 11) is 0. The third kappa shape index (κ3) is 3.13. The lowest BCUT2D eigenvalue weighted by Gasteiger charge is -2.16. The molecule has 0 aliphatic heterocycles. The summed E-state index contributed by atoms with van der Waals surface area (Å²) in [5, 5.41) is 8.97. The lowest BCUT2D eigenvalue weighted by molar-refractivity contribution is -0.139. The molecule has 0 aliphatic rings. The van der Waals surface area contributed by atoms with Crippen molar-refractivity contribution in [1.82, 2.24) is 14.4 Å². The van der Waals surface area contributed by atoms with Crippen LogP contribution in [0.1, 0.15) is 16.8 Å². The molecule has 0 fully saturated rings. The molecule has 0 aliphatic carbocycles. The normalized spacial score (nSPS) is 13.1. The van der Waals surface area contributed by atoms with E-state index >= 15 is 0 Å². The first-order valence-electron chi connectivity index (χ1n) is 7.66. The van der Waals surface area contributed by atoms with Gasteiger partial charge in [0.2, 0.25) is 0 Å². The number of pyridine rings is 2. The Hall–Kier alpha value is -2.94. The van der Waals surface area contributed by atoms with Crippen molar-refractivity contribution in [3.05, 3.63) is 53.6 Å². The van der Waals surface area contributed by atoms with Crippen molar-refractivity contribution in [2.75, 3.05) is 0 Å². The summed E-state index contributed by atoms with van der Waals surface area (Å²) in [6.07, 6.45) is -0.269. The number of nitrogens with zero attached hydrogens (tertiary/aromatic N) is 3. The molecule has 0 saturated carbocycles. The molecule has 3 N–H and O–H groups in total. The highest BCUT2D eigenvalue weighted by Crippen LogP contribution is 2.39. The van der Waals surface area contributed by atoms with Crippen LogP contribution < -0.4 is 5.73 Å². The molecule has 136 valence electrons. The fourth-order valence-electron chi connectivity index (χ4n) is 2.85. The van der Waals surface area contributed by atoms with Crippen LogP contribution >= 0.6 is 0 Å². The van der Waals surface area contributed by atoms with Crippen LogP contribution in [-0.4, -0.2) is 31.5 Å². The highest BCUT2D eigenvalue weighted by molar-refractivity contribution is 5.79. The van der Waals surface area contributed by atoms with Gasteiger partial charge in [-0.2, -0.15) is 13.2 Å². The van der Waals surface area contributed by atoms with Crippen molar-refractivity contribution in [2.45, 2.75) is 25.6 Å². The molecule has 0 aromatic carbocycles. The molecule has 1 atom stereocenters. The summed E-state index contributed by atoms with van der Waals surface area (Å²) < 4.78 is 42.1. The maximum absolute atomic E-state index is 13.5. The van der Waals surface area contributed by atoms with Gasteiger partial charge < -0.3 is 15.2 Å². The first-order chi connectivity index (χ1) is 12.2. The zero-order valence-electron chi connectivity index (χ0n) is 13.7. The summed E-state index contributed by atoms with van der Waals surface area (Å²) in [5.74, 6) is -1.16. The van der Waals surface area contributed by atoms with E-state index in [4.69, 9.17) is 10.8 Å². The first kappa shape index (κ1) is 17.9. The fourth-order valence-corrected chi connectivity index (χ4v) is 2.85. The van der Waals surface area contributed by atoms with E-state index in [1.54, 1.807) is 6.20 Å². The van der Waals surface area contributed by atoms with Crippen LogP contribution in [0.15, 0.2) is 36.8 Å². The van der Waals surface area contributed by atoms with Crippen molar-refractivity contribution >= 4 is 11.6 Å². The van der Waals surface area contributed by atoms with Gasteiger partial charge >= 0.3 is 12.1 Å². The Kier molecular flexibility index (Phi) is 4.41. The van der Waals surface area contributed by atoms with E-state index in [0.717, 1.165) is 0 Å². The number of imidazole rings is 1. The Bertz CT molecular complexity index is 982. The number of halogens is 3. The predicted octanol–water partition coefficient (Wildman–Crippen LogP) is 2.68. The molecular weight excluding hydrogens is 349 g/mol. The van der Waals surface area contributed by atoms with Crippen LogP contribution in [0, 0.1) is 6.92 Å². The molecule has 9 heteroatoms. The molecule has 0 amide bonds. The van der Waals surface area contributed by atoms with Gasteiger partial charge in [0, 0.05) is 36.3 Å². The number of carboxylic acid groups (broad SMARTS) is 1. The standard InChI is InChI=1S/C17H15F3N4O2/c1-9-4-5-22-14(13(9)17(18,19)20)11-3-2-10(8-12(21)16(25)26)24-7-6-23-15(11)24/h2-7,12H,8,21H2,1H3,(H,25,26). The zero-order valence-corrected chi connectivity index (χ0v) is 13.7. The maximum atomic E-state index is 13.5. The Morgan fingerprint density at radius 2 is 2.00 bits per heavy atom. The minimum Gasteiger partial charge on any atom is -0.480 e. The van der Waals surface area contributed by atoms with Gasteiger partial charge in [0.25, 0.3) is 0 Å². The summed E-state index contributed by atoms with van der Waals surface area (Å²) in [5.41, 5.74) is 5.57. The summed E-state index contributed by atoms with van der Waals surface area (Å²) in [6.45, 7) is 1.37. The van der Waals surface area contributed by atoms with Crippen molar-refractivity contribution in [3.63, 3.8) is 0 Å². The highest BCUT2D eigenvalue weighted by Gasteiger charge is 2.36. The minimum atomic E-state index is -4.57. The number of nitrogens with two attached hydrogens (primary N) is 1. The number of aromatic nitrogens is 3. The number of hydrogen-bond acceptors (Lipinski definition) is 4. The van der Waals surface area contributed by atoms with E-state index in [1.165, 1.54) is 41.9 Å². The first-order valence-corrected chi connectivity index (χ1v) is 7.66. The summed E-state index contributed by atoms with van der Waals surface area (Å²) in [6, 6.07) is 3.17. The number of hydrogen-bond donors (Lipinski definition) is 2. The molecule has 1 unspecified atom stereocenters. The van der Waals surface area contributed by atoms with Crippen molar-refractivity contribution in [3.8, 4) is 11.3 Å². The van der Waals surface area contributed by atoms with E-state index in [1.807, 2.05) is 0 Å². The molecule has 3 rings (SSSR count). The number of aryl methyl sites for hydroxylation is 1. The van der Waals surface area contributed by atoms with Crippen molar-refractivity contribution < 1.29 is 23.1 Å². The van der Waals surface area contributed by atoms with E-state index in [2.05, 4.69) is 9.97 Å². The third-order valence-electron chi connectivity index (χ3n) is 4.08. The third-order valence-corrected chi connectivity index (χ3v) is 4.08. The monoisotopic (exact) mass is 364 g/mol. The minimum absolute atomic E-state index is 0.00977. The molecule has 0 bridgehead atoms. The Morgan fingerprint density at radius 3 is 2.65 bits per heavy atom. The number of carbonyl (C=O) groups is 1. The van der Waals surface area contributed by atoms with Crippen molar-refractivity contribution in [1.29, 1.82) is 0 Å². The van der Waals surface area contributed by atoms with Gasteiger partial charge in [0.05, 0.1) is 11.3 Å². The lowest BCUT2D eigenvalue weighted by atomic mass is 10.0. The quantitative estimate of drug-likeness (QED) is 0.742. The predicted molar refractivity (Wildman–Crippen MR) is 87.5 cm³/mol. The van der Waals surface area contributed by atoms with Gasteiger partial charge in [-0.3, -0.25) is 9.78 Å². The average Bonchev–Trinajstić information content (AvgIpc) is 3.03. The molecule has 3 aromatic rings. The average molecular weight is 364 g/mol. The maximum Gasteiger partial charge on any atom is 0.418 e. The summed E-state index contributed by atoms with van der Waals surface area (Å²) in [4.78, 5) is 19.0. The number of alkyl halides is 3. The molecule has 0 saturated heterocycles. The second kappa shape index (κ2) is 6.41. The van der Waals surface area contributed by atoms with Gasteiger partial charge in [-0.05, 0) is 30.7 Å². The lowest BCUT2D eigenvalue weighted by Crippen LogP contribution is -2.32. The van der Waals surface area contributed by atoms with Gasteiger partial charge in [0.1, 0.15) is 11.7 Å². The number of fused-ring (bicyclic) bond motifs is 1. The second-order valence-corrected chi connectivity index (χ2v) is 5.86. The fraction of sp³-hybridized carbons (Fsp3) is 0.235. The smallest absolute Gasteiger partial charge is 0.418 e. The molecule has 26 heavy (non-hydrogen) atoms. The Labute approximate surface area is 146 Å². The topological polar surface area (TPSA) is 93.5 Å². The number of rotatable bonds is 4. The molecule has 0 radical (unpaired) electrons.